The van der Waals surface area contributed by atoms with Crippen molar-refractivity contribution >= 4 is 17.4 Å². The quantitative estimate of drug-likeness (QED) is 0.763. The third kappa shape index (κ3) is 6.10. The molecule has 3 nitrogen and oxygen atoms in total. The third-order valence-corrected chi connectivity index (χ3v) is 3.56. The molecule has 4 heteroatoms. The van der Waals surface area contributed by atoms with Gasteiger partial charge in [-0.15, -0.1) is 0 Å². The van der Waals surface area contributed by atoms with Gasteiger partial charge < -0.3 is 10.2 Å². The smallest absolute Gasteiger partial charge is 0.128 e. The highest BCUT2D eigenvalue weighted by atomic mass is 35.5. The molecule has 0 unspecified atom stereocenters. The van der Waals surface area contributed by atoms with Gasteiger partial charge in [0, 0.05) is 31.9 Å². The molecule has 1 heterocycles. The SMILES string of the molecule is CCCCCN(C)c1cc(CNC(C)(C)C)c(Cl)cn1. The minimum absolute atomic E-state index is 0.0831. The number of rotatable bonds is 7. The van der Waals surface area contributed by atoms with E-state index < -0.39 is 0 Å². The maximum Gasteiger partial charge on any atom is 0.128 e. The maximum atomic E-state index is 6.24. The molecule has 0 saturated carbocycles. The first-order valence-corrected chi connectivity index (χ1v) is 7.82. The Morgan fingerprint density at radius 1 is 1.30 bits per heavy atom. The van der Waals surface area contributed by atoms with Gasteiger partial charge in [0.1, 0.15) is 5.82 Å². The van der Waals surface area contributed by atoms with Gasteiger partial charge >= 0.3 is 0 Å². The first kappa shape index (κ1) is 17.3. The summed E-state index contributed by atoms with van der Waals surface area (Å²) < 4.78 is 0. The number of nitrogens with zero attached hydrogens (tertiary/aromatic N) is 2. The fourth-order valence-electron chi connectivity index (χ4n) is 1.89. The van der Waals surface area contributed by atoms with Crippen LogP contribution in [0.2, 0.25) is 5.02 Å². The van der Waals surface area contributed by atoms with Gasteiger partial charge in [0.05, 0.1) is 5.02 Å². The zero-order valence-electron chi connectivity index (χ0n) is 13.5. The van der Waals surface area contributed by atoms with Gasteiger partial charge in [0.2, 0.25) is 0 Å². The Kier molecular flexibility index (Phi) is 6.77. The lowest BCUT2D eigenvalue weighted by atomic mass is 10.1. The van der Waals surface area contributed by atoms with E-state index in [-0.39, 0.29) is 5.54 Å². The predicted molar refractivity (Wildman–Crippen MR) is 88.6 cm³/mol. The Balaban J connectivity index is 2.69. The molecular weight excluding hydrogens is 270 g/mol. The Labute approximate surface area is 128 Å². The van der Waals surface area contributed by atoms with Gasteiger partial charge in [-0.1, -0.05) is 31.4 Å². The standard InChI is InChI=1S/C16H28ClN3/c1-6-7-8-9-20(5)15-10-13(14(17)12-18-15)11-19-16(2,3)4/h10,12,19H,6-9,11H2,1-5H3. The van der Waals surface area contributed by atoms with E-state index in [1.165, 1.54) is 19.3 Å². The van der Waals surface area contributed by atoms with Crippen molar-refractivity contribution in [2.75, 3.05) is 18.5 Å². The van der Waals surface area contributed by atoms with Crippen LogP contribution < -0.4 is 10.2 Å². The highest BCUT2D eigenvalue weighted by molar-refractivity contribution is 6.31. The average molecular weight is 298 g/mol. The number of halogens is 1. The summed E-state index contributed by atoms with van der Waals surface area (Å²) in [6.07, 6.45) is 5.46. The van der Waals surface area contributed by atoms with Crippen molar-refractivity contribution in [2.24, 2.45) is 0 Å². The molecule has 0 aromatic carbocycles. The van der Waals surface area contributed by atoms with Crippen LogP contribution in [0.1, 0.15) is 52.5 Å². The second-order valence-electron chi connectivity index (χ2n) is 6.37. The molecule has 0 bridgehead atoms. The number of hydrogen-bond donors (Lipinski definition) is 1. The maximum absolute atomic E-state index is 6.24. The van der Waals surface area contributed by atoms with E-state index in [0.29, 0.717) is 0 Å². The van der Waals surface area contributed by atoms with Gasteiger partial charge in [0.15, 0.2) is 0 Å². The average Bonchev–Trinajstić information content (AvgIpc) is 2.37. The summed E-state index contributed by atoms with van der Waals surface area (Å²) in [4.78, 5) is 6.63. The van der Waals surface area contributed by atoms with Crippen LogP contribution in [-0.4, -0.2) is 24.1 Å². The van der Waals surface area contributed by atoms with E-state index in [9.17, 15) is 0 Å². The third-order valence-electron chi connectivity index (χ3n) is 3.22. The molecule has 0 amide bonds. The molecule has 1 rings (SSSR count). The molecule has 1 aromatic rings. The molecule has 0 saturated heterocycles. The van der Waals surface area contributed by atoms with E-state index in [2.05, 4.69) is 56.0 Å². The molecule has 0 fully saturated rings. The molecular formula is C16H28ClN3. The van der Waals surface area contributed by atoms with Gasteiger partial charge in [-0.2, -0.15) is 0 Å². The van der Waals surface area contributed by atoms with Gasteiger partial charge in [-0.05, 0) is 38.8 Å². The van der Waals surface area contributed by atoms with Crippen LogP contribution in [0.3, 0.4) is 0 Å². The summed E-state index contributed by atoms with van der Waals surface area (Å²) >= 11 is 6.24. The van der Waals surface area contributed by atoms with Gasteiger partial charge in [-0.3, -0.25) is 0 Å². The number of unbranched alkanes of at least 4 members (excludes halogenated alkanes) is 2. The minimum Gasteiger partial charge on any atom is -0.360 e. The van der Waals surface area contributed by atoms with Crippen LogP contribution in [0, 0.1) is 0 Å². The van der Waals surface area contributed by atoms with Crippen molar-refractivity contribution in [1.29, 1.82) is 0 Å². The van der Waals surface area contributed by atoms with Gasteiger partial charge in [0.25, 0.3) is 0 Å². The lowest BCUT2D eigenvalue weighted by molar-refractivity contribution is 0.424. The van der Waals surface area contributed by atoms with Crippen molar-refractivity contribution < 1.29 is 0 Å². The largest absolute Gasteiger partial charge is 0.360 e. The number of nitrogens with one attached hydrogen (secondary N) is 1. The molecule has 1 aromatic heterocycles. The van der Waals surface area contributed by atoms with Crippen LogP contribution in [0.5, 0.6) is 0 Å². The summed E-state index contributed by atoms with van der Waals surface area (Å²) in [7, 11) is 2.09. The van der Waals surface area contributed by atoms with Crippen molar-refractivity contribution in [1.82, 2.24) is 10.3 Å². The predicted octanol–water partition coefficient (Wildman–Crippen LogP) is 4.25. The molecule has 0 aliphatic carbocycles. The number of aromatic nitrogens is 1. The monoisotopic (exact) mass is 297 g/mol. The van der Waals surface area contributed by atoms with E-state index in [1.54, 1.807) is 6.20 Å². The molecule has 0 radical (unpaired) electrons. The lowest BCUT2D eigenvalue weighted by Gasteiger charge is -2.22. The summed E-state index contributed by atoms with van der Waals surface area (Å²) in [5.74, 6) is 0.996. The van der Waals surface area contributed by atoms with Crippen LogP contribution >= 0.6 is 11.6 Å². The molecule has 0 aliphatic heterocycles. The zero-order chi connectivity index (χ0) is 15.2. The molecule has 0 atom stereocenters. The fourth-order valence-corrected chi connectivity index (χ4v) is 2.06. The summed E-state index contributed by atoms with van der Waals surface area (Å²) in [5.41, 5.74) is 1.19. The summed E-state index contributed by atoms with van der Waals surface area (Å²) in [6, 6.07) is 2.09. The molecule has 114 valence electrons. The Morgan fingerprint density at radius 2 is 2.00 bits per heavy atom. The second-order valence-corrected chi connectivity index (χ2v) is 6.77. The Morgan fingerprint density at radius 3 is 2.60 bits per heavy atom. The van der Waals surface area contributed by atoms with Crippen molar-refractivity contribution in [3.63, 3.8) is 0 Å². The first-order chi connectivity index (χ1) is 9.33. The van der Waals surface area contributed by atoms with Crippen molar-refractivity contribution in [3.05, 3.63) is 22.8 Å². The summed E-state index contributed by atoms with van der Waals surface area (Å²) in [5, 5.41) is 4.20. The molecule has 0 aliphatic rings. The minimum atomic E-state index is 0.0831. The number of pyridine rings is 1. The highest BCUT2D eigenvalue weighted by Crippen LogP contribution is 2.21. The normalized spacial score (nSPS) is 11.7. The number of anilines is 1. The fraction of sp³-hybridized carbons (Fsp3) is 0.688. The molecule has 0 spiro atoms. The molecule has 1 N–H and O–H groups in total. The highest BCUT2D eigenvalue weighted by Gasteiger charge is 2.12. The van der Waals surface area contributed by atoms with Crippen molar-refractivity contribution in [2.45, 2.75) is 59.0 Å². The Bertz CT molecular complexity index is 413. The summed E-state index contributed by atoms with van der Waals surface area (Å²) in [6.45, 7) is 10.5. The van der Waals surface area contributed by atoms with Crippen LogP contribution in [-0.2, 0) is 6.54 Å². The van der Waals surface area contributed by atoms with Crippen molar-refractivity contribution in [3.8, 4) is 0 Å². The lowest BCUT2D eigenvalue weighted by Crippen LogP contribution is -2.35. The first-order valence-electron chi connectivity index (χ1n) is 7.44. The Hall–Kier alpha value is -0.800. The van der Waals surface area contributed by atoms with Crippen LogP contribution in [0.15, 0.2) is 12.3 Å². The second kappa shape index (κ2) is 7.84. The van der Waals surface area contributed by atoms with E-state index in [4.69, 9.17) is 11.6 Å². The van der Waals surface area contributed by atoms with Gasteiger partial charge in [-0.25, -0.2) is 4.98 Å². The number of hydrogen-bond acceptors (Lipinski definition) is 3. The van der Waals surface area contributed by atoms with Crippen LogP contribution in [0.4, 0.5) is 5.82 Å². The molecule has 20 heavy (non-hydrogen) atoms. The zero-order valence-corrected chi connectivity index (χ0v) is 14.2. The van der Waals surface area contributed by atoms with E-state index >= 15 is 0 Å². The van der Waals surface area contributed by atoms with Crippen LogP contribution in [0.25, 0.3) is 0 Å². The van der Waals surface area contributed by atoms with E-state index in [1.807, 2.05) is 0 Å². The van der Waals surface area contributed by atoms with E-state index in [0.717, 1.165) is 29.5 Å². The topological polar surface area (TPSA) is 28.2 Å².